The molecule has 3 N–H and O–H groups in total. The van der Waals surface area contributed by atoms with Crippen LogP contribution in [0.2, 0.25) is 0 Å². The quantitative estimate of drug-likeness (QED) is 0.709. The van der Waals surface area contributed by atoms with Gasteiger partial charge in [-0.25, -0.2) is 0 Å². The highest BCUT2D eigenvalue weighted by atomic mass is 16.5. The molecule has 122 valence electrons. The number of para-hydroxylation sites is 1. The second kappa shape index (κ2) is 6.54. The van der Waals surface area contributed by atoms with Crippen molar-refractivity contribution in [3.05, 3.63) is 53.6 Å². The zero-order chi connectivity index (χ0) is 17.1. The first-order chi connectivity index (χ1) is 11.6. The van der Waals surface area contributed by atoms with Crippen molar-refractivity contribution >= 4 is 28.3 Å². The summed E-state index contributed by atoms with van der Waals surface area (Å²) in [5, 5.41) is 9.35. The molecule has 0 unspecified atom stereocenters. The average Bonchev–Trinajstić information content (AvgIpc) is 2.89. The van der Waals surface area contributed by atoms with Gasteiger partial charge in [-0.15, -0.1) is 10.2 Å². The van der Waals surface area contributed by atoms with Crippen molar-refractivity contribution in [1.82, 2.24) is 4.98 Å². The van der Waals surface area contributed by atoms with E-state index in [1.165, 1.54) is 0 Å². The van der Waals surface area contributed by atoms with E-state index in [4.69, 9.17) is 10.5 Å². The van der Waals surface area contributed by atoms with Gasteiger partial charge in [0.2, 0.25) is 0 Å². The van der Waals surface area contributed by atoms with Crippen LogP contribution >= 0.6 is 0 Å². The number of hydrogen-bond acceptors (Lipinski definition) is 4. The number of benzene rings is 2. The van der Waals surface area contributed by atoms with Crippen molar-refractivity contribution in [3.63, 3.8) is 0 Å². The van der Waals surface area contributed by atoms with Crippen molar-refractivity contribution in [2.24, 2.45) is 10.2 Å². The van der Waals surface area contributed by atoms with Crippen LogP contribution in [-0.2, 0) is 4.79 Å². The summed E-state index contributed by atoms with van der Waals surface area (Å²) in [5.41, 5.74) is 7.83. The molecule has 0 aliphatic rings. The van der Waals surface area contributed by atoms with Gasteiger partial charge in [-0.2, -0.15) is 0 Å². The number of aromatic amines is 1. The van der Waals surface area contributed by atoms with E-state index in [0.29, 0.717) is 17.4 Å². The van der Waals surface area contributed by atoms with E-state index in [1.54, 1.807) is 0 Å². The maximum Gasteiger partial charge on any atom is 0.302 e. The highest BCUT2D eigenvalue weighted by molar-refractivity contribution is 5.99. The highest BCUT2D eigenvalue weighted by Crippen LogP contribution is 2.30. The Morgan fingerprint density at radius 3 is 2.46 bits per heavy atom. The number of amides is 1. The number of aryl methyl sites for hydroxylation is 2. The lowest BCUT2D eigenvalue weighted by molar-refractivity contribution is -0.120. The molecule has 1 aromatic heterocycles. The number of anilines is 1. The fourth-order valence-corrected chi connectivity index (χ4v) is 2.56. The minimum atomic E-state index is -0.463. The second-order valence-corrected chi connectivity index (χ2v) is 5.54. The number of H-pyrrole nitrogens is 1. The van der Waals surface area contributed by atoms with Crippen molar-refractivity contribution in [3.8, 4) is 5.75 Å². The van der Waals surface area contributed by atoms with Gasteiger partial charge < -0.3 is 15.5 Å². The third kappa shape index (κ3) is 3.12. The first-order valence-electron chi connectivity index (χ1n) is 7.56. The van der Waals surface area contributed by atoms with E-state index in [-0.39, 0.29) is 6.61 Å². The zero-order valence-corrected chi connectivity index (χ0v) is 13.5. The number of carbonyl (C=O) groups is 1. The second-order valence-electron chi connectivity index (χ2n) is 5.54. The van der Waals surface area contributed by atoms with Gasteiger partial charge in [0.15, 0.2) is 12.4 Å². The minimum absolute atomic E-state index is 0.163. The lowest BCUT2D eigenvalue weighted by Gasteiger charge is -2.09. The fourth-order valence-electron chi connectivity index (χ4n) is 2.56. The number of carbonyl (C=O) groups excluding carboxylic acids is 1. The molecule has 0 atom stereocenters. The number of rotatable bonds is 4. The summed E-state index contributed by atoms with van der Waals surface area (Å²) in [4.78, 5) is 14.8. The van der Waals surface area contributed by atoms with Crippen molar-refractivity contribution in [2.75, 3.05) is 12.3 Å². The Kier molecular flexibility index (Phi) is 4.29. The van der Waals surface area contributed by atoms with Crippen LogP contribution in [0, 0.1) is 13.8 Å². The number of hydrogen-bond donors (Lipinski definition) is 2. The Morgan fingerprint density at radius 2 is 1.75 bits per heavy atom. The average molecular weight is 322 g/mol. The molecule has 1 heterocycles. The molecule has 3 rings (SSSR count). The standard InChI is InChI=1S/C18H18N4O2/c1-11-6-5-7-12(2)16(11)24-10-15(23)21-22-18-14-9-4-3-8-13(14)17(19)20-18/h3-9,20H,10,19H2,1-2H3. The molecule has 6 nitrogen and oxygen atoms in total. The Balaban J connectivity index is 1.71. The normalized spacial score (nSPS) is 11.2. The number of fused-ring (bicyclic) bond motifs is 1. The smallest absolute Gasteiger partial charge is 0.302 e. The van der Waals surface area contributed by atoms with Crippen LogP contribution in [0.15, 0.2) is 52.7 Å². The Bertz CT molecular complexity index is 908. The number of ether oxygens (including phenoxy) is 1. The molecule has 1 amide bonds. The Morgan fingerprint density at radius 1 is 1.08 bits per heavy atom. The van der Waals surface area contributed by atoms with Crippen LogP contribution in [0.25, 0.3) is 10.8 Å². The number of nitrogens with one attached hydrogen (secondary N) is 1. The largest absolute Gasteiger partial charge is 0.483 e. The van der Waals surface area contributed by atoms with E-state index in [2.05, 4.69) is 15.2 Å². The van der Waals surface area contributed by atoms with Gasteiger partial charge in [-0.05, 0) is 25.0 Å². The number of nitrogens with zero attached hydrogens (tertiary/aromatic N) is 2. The van der Waals surface area contributed by atoms with Gasteiger partial charge in [0.25, 0.3) is 0 Å². The monoisotopic (exact) mass is 322 g/mol. The molecule has 0 fully saturated rings. The van der Waals surface area contributed by atoms with E-state index in [1.807, 2.05) is 56.3 Å². The van der Waals surface area contributed by atoms with Crippen LogP contribution in [-0.4, -0.2) is 17.5 Å². The van der Waals surface area contributed by atoms with Gasteiger partial charge in [0.05, 0.1) is 0 Å². The summed E-state index contributed by atoms with van der Waals surface area (Å²) in [7, 11) is 0. The van der Waals surface area contributed by atoms with Gasteiger partial charge in [0, 0.05) is 10.8 Å². The molecule has 0 saturated heterocycles. The van der Waals surface area contributed by atoms with Gasteiger partial charge in [0.1, 0.15) is 11.6 Å². The number of azo groups is 1. The minimum Gasteiger partial charge on any atom is -0.483 e. The molecular weight excluding hydrogens is 304 g/mol. The number of nitrogens with two attached hydrogens (primary N) is 1. The van der Waals surface area contributed by atoms with Crippen LogP contribution in [0.3, 0.4) is 0 Å². The molecule has 2 aromatic carbocycles. The topological polar surface area (TPSA) is 92.8 Å². The summed E-state index contributed by atoms with van der Waals surface area (Å²) >= 11 is 0. The van der Waals surface area contributed by atoms with E-state index in [0.717, 1.165) is 21.9 Å². The molecule has 0 aliphatic carbocycles. The molecule has 0 saturated carbocycles. The van der Waals surface area contributed by atoms with Crippen LogP contribution < -0.4 is 10.5 Å². The summed E-state index contributed by atoms with van der Waals surface area (Å²) in [6, 6.07) is 13.3. The van der Waals surface area contributed by atoms with Crippen LogP contribution in [0.4, 0.5) is 11.6 Å². The van der Waals surface area contributed by atoms with Gasteiger partial charge >= 0.3 is 5.91 Å². The van der Waals surface area contributed by atoms with Crippen LogP contribution in [0.1, 0.15) is 11.1 Å². The predicted octanol–water partition coefficient (Wildman–Crippen LogP) is 4.06. The fraction of sp³-hybridized carbons (Fsp3) is 0.167. The Labute approximate surface area is 139 Å². The summed E-state index contributed by atoms with van der Waals surface area (Å²) < 4.78 is 5.57. The maximum absolute atomic E-state index is 11.9. The first kappa shape index (κ1) is 15.7. The third-order valence-corrected chi connectivity index (χ3v) is 3.74. The summed E-state index contributed by atoms with van der Waals surface area (Å²) in [6.45, 7) is 3.70. The number of nitrogen functional groups attached to an aromatic ring is 1. The molecular formula is C18H18N4O2. The molecule has 3 aromatic rings. The van der Waals surface area contributed by atoms with Crippen LogP contribution in [0.5, 0.6) is 5.75 Å². The summed E-state index contributed by atoms with van der Waals surface area (Å²) in [6.07, 6.45) is 0. The van der Waals surface area contributed by atoms with Crippen molar-refractivity contribution < 1.29 is 9.53 Å². The molecule has 0 radical (unpaired) electrons. The third-order valence-electron chi connectivity index (χ3n) is 3.74. The van der Waals surface area contributed by atoms with Gasteiger partial charge in [-0.3, -0.25) is 4.79 Å². The maximum atomic E-state index is 11.9. The molecule has 0 spiro atoms. The van der Waals surface area contributed by atoms with Crippen molar-refractivity contribution in [1.29, 1.82) is 0 Å². The van der Waals surface area contributed by atoms with E-state index < -0.39 is 5.91 Å². The number of aromatic nitrogens is 1. The molecule has 6 heteroatoms. The first-order valence-corrected chi connectivity index (χ1v) is 7.56. The Hall–Kier alpha value is -3.15. The summed E-state index contributed by atoms with van der Waals surface area (Å²) in [5.74, 6) is 1.20. The SMILES string of the molecule is Cc1cccc(C)c1OCC(=O)N=Nc1[nH]c(N)c2ccccc12. The lowest BCUT2D eigenvalue weighted by atomic mass is 10.1. The zero-order valence-electron chi connectivity index (χ0n) is 13.5. The molecule has 0 bridgehead atoms. The lowest BCUT2D eigenvalue weighted by Crippen LogP contribution is -2.09. The molecule has 24 heavy (non-hydrogen) atoms. The predicted molar refractivity (Wildman–Crippen MR) is 93.6 cm³/mol. The van der Waals surface area contributed by atoms with Gasteiger partial charge in [-0.1, -0.05) is 42.5 Å². The van der Waals surface area contributed by atoms with E-state index in [9.17, 15) is 4.79 Å². The van der Waals surface area contributed by atoms with Crippen molar-refractivity contribution in [2.45, 2.75) is 13.8 Å². The van der Waals surface area contributed by atoms with E-state index >= 15 is 0 Å². The molecule has 0 aliphatic heterocycles. The highest BCUT2D eigenvalue weighted by Gasteiger charge is 2.09.